The molecule has 3 rings (SSSR count). The van der Waals surface area contributed by atoms with Crippen LogP contribution in [0.2, 0.25) is 5.02 Å². The van der Waals surface area contributed by atoms with Crippen molar-refractivity contribution in [1.29, 1.82) is 0 Å². The van der Waals surface area contributed by atoms with E-state index >= 15 is 0 Å². The van der Waals surface area contributed by atoms with Gasteiger partial charge in [-0.3, -0.25) is 4.79 Å². The van der Waals surface area contributed by atoms with E-state index in [4.69, 9.17) is 16.3 Å². The van der Waals surface area contributed by atoms with Gasteiger partial charge in [-0.2, -0.15) is 0 Å². The molecular formula is C20H24Cl2N2O2. The number of rotatable bonds is 5. The summed E-state index contributed by atoms with van der Waals surface area (Å²) in [6.07, 6.45) is 1.20. The van der Waals surface area contributed by atoms with E-state index < -0.39 is 0 Å². The number of aryl methyl sites for hydroxylation is 1. The van der Waals surface area contributed by atoms with Gasteiger partial charge in [0.25, 0.3) is 0 Å². The topological polar surface area (TPSA) is 41.6 Å². The van der Waals surface area contributed by atoms with Crippen molar-refractivity contribution in [1.82, 2.24) is 10.2 Å². The molecule has 0 spiro atoms. The molecule has 1 aliphatic heterocycles. The first kappa shape index (κ1) is 20.6. The second-order valence-corrected chi connectivity index (χ2v) is 6.65. The van der Waals surface area contributed by atoms with Crippen molar-refractivity contribution in [2.45, 2.75) is 18.9 Å². The molecule has 0 aliphatic carbocycles. The van der Waals surface area contributed by atoms with Gasteiger partial charge in [-0.15, -0.1) is 12.4 Å². The summed E-state index contributed by atoms with van der Waals surface area (Å²) in [6.45, 7) is 2.29. The number of benzene rings is 2. The van der Waals surface area contributed by atoms with E-state index in [2.05, 4.69) is 5.32 Å². The molecule has 1 fully saturated rings. The zero-order valence-electron chi connectivity index (χ0n) is 14.8. The Morgan fingerprint density at radius 3 is 2.85 bits per heavy atom. The van der Waals surface area contributed by atoms with Gasteiger partial charge < -0.3 is 15.0 Å². The Hall–Kier alpha value is -1.75. The van der Waals surface area contributed by atoms with E-state index in [-0.39, 0.29) is 24.4 Å². The van der Waals surface area contributed by atoms with Crippen LogP contribution in [0, 0.1) is 0 Å². The Bertz CT molecular complexity index is 739. The average Bonchev–Trinajstić information content (AvgIpc) is 2.66. The van der Waals surface area contributed by atoms with E-state index in [0.717, 1.165) is 30.0 Å². The number of amides is 1. The minimum absolute atomic E-state index is 0. The van der Waals surface area contributed by atoms with Crippen molar-refractivity contribution >= 4 is 29.9 Å². The van der Waals surface area contributed by atoms with Crippen LogP contribution in [0.1, 0.15) is 23.6 Å². The number of carbonyl (C=O) groups excluding carboxylic acids is 1. The van der Waals surface area contributed by atoms with Crippen LogP contribution in [-0.2, 0) is 11.2 Å². The highest BCUT2D eigenvalue weighted by atomic mass is 35.5. The Balaban J connectivity index is 0.00000243. The maximum Gasteiger partial charge on any atom is 0.223 e. The maximum atomic E-state index is 12.8. The molecule has 140 valence electrons. The molecule has 1 amide bonds. The summed E-state index contributed by atoms with van der Waals surface area (Å²) in [4.78, 5) is 14.8. The second-order valence-electron chi connectivity index (χ2n) is 6.21. The van der Waals surface area contributed by atoms with Gasteiger partial charge in [0.2, 0.25) is 5.91 Å². The number of methoxy groups -OCH3 is 1. The van der Waals surface area contributed by atoms with Crippen LogP contribution in [0.15, 0.2) is 48.5 Å². The van der Waals surface area contributed by atoms with Gasteiger partial charge in [0, 0.05) is 31.1 Å². The monoisotopic (exact) mass is 394 g/mol. The molecule has 1 unspecified atom stereocenters. The summed E-state index contributed by atoms with van der Waals surface area (Å²) in [7, 11) is 1.65. The molecule has 1 aliphatic rings. The molecule has 6 heteroatoms. The lowest BCUT2D eigenvalue weighted by Gasteiger charge is -2.36. The minimum atomic E-state index is 0. The smallest absolute Gasteiger partial charge is 0.223 e. The summed E-state index contributed by atoms with van der Waals surface area (Å²) >= 11 is 6.13. The fourth-order valence-corrected chi connectivity index (χ4v) is 3.44. The predicted molar refractivity (Wildman–Crippen MR) is 107 cm³/mol. The molecule has 26 heavy (non-hydrogen) atoms. The number of halogens is 2. The standard InChI is InChI=1S/C20H23ClN2O2.ClH/c1-25-18-7-2-4-15(12-18)8-9-20(24)23-11-10-22-14-19(23)16-5-3-6-17(21)13-16;/h2-7,12-13,19,22H,8-11,14H2,1H3;1H. The van der Waals surface area contributed by atoms with E-state index in [1.54, 1.807) is 7.11 Å². The summed E-state index contributed by atoms with van der Waals surface area (Å²) in [5.74, 6) is 0.998. The first-order valence-corrected chi connectivity index (χ1v) is 8.94. The molecular weight excluding hydrogens is 371 g/mol. The zero-order valence-corrected chi connectivity index (χ0v) is 16.4. The van der Waals surface area contributed by atoms with Crippen LogP contribution in [0.4, 0.5) is 0 Å². The molecule has 1 atom stereocenters. The second kappa shape index (κ2) is 9.81. The highest BCUT2D eigenvalue weighted by Gasteiger charge is 2.27. The number of nitrogens with zero attached hydrogens (tertiary/aromatic N) is 1. The van der Waals surface area contributed by atoms with E-state index in [0.29, 0.717) is 24.4 Å². The lowest BCUT2D eigenvalue weighted by Crippen LogP contribution is -2.48. The fourth-order valence-electron chi connectivity index (χ4n) is 3.24. The summed E-state index contributed by atoms with van der Waals surface area (Å²) < 4.78 is 5.25. The summed E-state index contributed by atoms with van der Waals surface area (Å²) in [6, 6.07) is 15.7. The third-order valence-corrected chi connectivity index (χ3v) is 4.79. The Morgan fingerprint density at radius 1 is 1.27 bits per heavy atom. The summed E-state index contributed by atoms with van der Waals surface area (Å²) in [5.41, 5.74) is 2.19. The largest absolute Gasteiger partial charge is 0.497 e. The predicted octanol–water partition coefficient (Wildman–Crippen LogP) is 3.88. The molecule has 2 aromatic carbocycles. The molecule has 1 N–H and O–H groups in total. The molecule has 0 radical (unpaired) electrons. The Labute approximate surface area is 165 Å². The number of piperazine rings is 1. The third kappa shape index (κ3) is 5.13. The number of hydrogen-bond acceptors (Lipinski definition) is 3. The van der Waals surface area contributed by atoms with Crippen molar-refractivity contribution in [2.24, 2.45) is 0 Å². The highest BCUT2D eigenvalue weighted by molar-refractivity contribution is 6.30. The zero-order chi connectivity index (χ0) is 17.6. The third-order valence-electron chi connectivity index (χ3n) is 4.56. The lowest BCUT2D eigenvalue weighted by molar-refractivity contribution is -0.134. The molecule has 0 saturated carbocycles. The SMILES string of the molecule is COc1cccc(CCC(=O)N2CCNCC2c2cccc(Cl)c2)c1.Cl. The van der Waals surface area contributed by atoms with E-state index in [1.807, 2.05) is 53.4 Å². The van der Waals surface area contributed by atoms with E-state index in [9.17, 15) is 4.79 Å². The number of nitrogens with one attached hydrogen (secondary N) is 1. The van der Waals surface area contributed by atoms with Crippen LogP contribution >= 0.6 is 24.0 Å². The minimum Gasteiger partial charge on any atom is -0.497 e. The van der Waals surface area contributed by atoms with Gasteiger partial charge in [0.1, 0.15) is 5.75 Å². The van der Waals surface area contributed by atoms with Crippen LogP contribution in [-0.4, -0.2) is 37.6 Å². The van der Waals surface area contributed by atoms with Crippen LogP contribution < -0.4 is 10.1 Å². The van der Waals surface area contributed by atoms with Gasteiger partial charge >= 0.3 is 0 Å². The fraction of sp³-hybridized carbons (Fsp3) is 0.350. The first-order valence-electron chi connectivity index (χ1n) is 8.56. The Morgan fingerprint density at radius 2 is 2.08 bits per heavy atom. The Kier molecular flexibility index (Phi) is 7.76. The van der Waals surface area contributed by atoms with Crippen molar-refractivity contribution in [3.05, 3.63) is 64.7 Å². The number of carbonyl (C=O) groups is 1. The average molecular weight is 395 g/mol. The highest BCUT2D eigenvalue weighted by Crippen LogP contribution is 2.25. The number of ether oxygens (including phenoxy) is 1. The van der Waals surface area contributed by atoms with Gasteiger partial charge in [0.05, 0.1) is 13.2 Å². The molecule has 1 saturated heterocycles. The van der Waals surface area contributed by atoms with Crippen molar-refractivity contribution < 1.29 is 9.53 Å². The van der Waals surface area contributed by atoms with Crippen LogP contribution in [0.5, 0.6) is 5.75 Å². The molecule has 1 heterocycles. The van der Waals surface area contributed by atoms with Crippen molar-refractivity contribution in [3.63, 3.8) is 0 Å². The quantitative estimate of drug-likeness (QED) is 0.836. The lowest BCUT2D eigenvalue weighted by atomic mass is 10.0. The van der Waals surface area contributed by atoms with Crippen LogP contribution in [0.25, 0.3) is 0 Å². The normalized spacial score (nSPS) is 16.7. The van der Waals surface area contributed by atoms with Gasteiger partial charge in [-0.05, 0) is 41.8 Å². The van der Waals surface area contributed by atoms with Crippen LogP contribution in [0.3, 0.4) is 0 Å². The molecule has 4 nitrogen and oxygen atoms in total. The number of hydrogen-bond donors (Lipinski definition) is 1. The first-order chi connectivity index (χ1) is 12.2. The summed E-state index contributed by atoms with van der Waals surface area (Å²) in [5, 5.41) is 4.07. The van der Waals surface area contributed by atoms with Crippen molar-refractivity contribution in [2.75, 3.05) is 26.7 Å². The molecule has 2 aromatic rings. The molecule has 0 aromatic heterocycles. The van der Waals surface area contributed by atoms with Gasteiger partial charge in [-0.1, -0.05) is 35.9 Å². The molecule has 0 bridgehead atoms. The maximum absolute atomic E-state index is 12.8. The van der Waals surface area contributed by atoms with Crippen molar-refractivity contribution in [3.8, 4) is 5.75 Å². The van der Waals surface area contributed by atoms with E-state index in [1.165, 1.54) is 0 Å². The van der Waals surface area contributed by atoms with Gasteiger partial charge in [-0.25, -0.2) is 0 Å². The van der Waals surface area contributed by atoms with Gasteiger partial charge in [0.15, 0.2) is 0 Å².